The predicted octanol–water partition coefficient (Wildman–Crippen LogP) is 7.16. The molecule has 43 heavy (non-hydrogen) atoms. The van der Waals surface area contributed by atoms with Crippen molar-refractivity contribution in [2.45, 2.75) is 57.2 Å². The van der Waals surface area contributed by atoms with Crippen molar-refractivity contribution in [1.82, 2.24) is 10.2 Å². The summed E-state index contributed by atoms with van der Waals surface area (Å²) in [5.74, 6) is -0.963. The molecule has 7 nitrogen and oxygen atoms in total. The van der Waals surface area contributed by atoms with E-state index in [1.165, 1.54) is 23.1 Å². The SMILES string of the molecule is CS(=O)(=O)N(CC(=O)N(Cc1c(Cl)cccc1Cl)[C@@H](Cc1ccccc1)C(=O)NC1CCCCC1)c1ccc(Cl)cc1Cl. The van der Waals surface area contributed by atoms with Crippen LogP contribution < -0.4 is 9.62 Å². The summed E-state index contributed by atoms with van der Waals surface area (Å²) in [7, 11) is -3.99. The van der Waals surface area contributed by atoms with Crippen LogP contribution in [0.25, 0.3) is 0 Å². The number of amides is 2. The van der Waals surface area contributed by atoms with Crippen molar-refractivity contribution >= 4 is 73.9 Å². The Morgan fingerprint density at radius 2 is 1.53 bits per heavy atom. The summed E-state index contributed by atoms with van der Waals surface area (Å²) >= 11 is 25.5. The van der Waals surface area contributed by atoms with E-state index in [0.717, 1.165) is 48.2 Å². The standard InChI is InChI=1S/C31H33Cl4N3O4S/c1-43(41,42)38(28-16-15-22(32)18-27(28)35)20-30(39)37(19-24-25(33)13-8-14-26(24)34)29(17-21-9-4-2-5-10-21)31(40)36-23-11-6-3-7-12-23/h2,4-5,8-10,13-16,18,23,29H,3,6-7,11-12,17,19-20H2,1H3,(H,36,40)/t29-/m0/s1. The molecule has 2 amide bonds. The summed E-state index contributed by atoms with van der Waals surface area (Å²) in [6, 6.07) is 17.6. The van der Waals surface area contributed by atoms with Gasteiger partial charge in [-0.05, 0) is 48.7 Å². The largest absolute Gasteiger partial charge is 0.352 e. The molecule has 4 rings (SSSR count). The number of carbonyl (C=O) groups is 2. The van der Waals surface area contributed by atoms with Gasteiger partial charge in [0.05, 0.1) is 17.0 Å². The van der Waals surface area contributed by atoms with Gasteiger partial charge in [-0.25, -0.2) is 8.42 Å². The minimum atomic E-state index is -3.99. The van der Waals surface area contributed by atoms with E-state index in [2.05, 4.69) is 5.32 Å². The number of anilines is 1. The molecule has 0 bridgehead atoms. The van der Waals surface area contributed by atoms with Crippen molar-refractivity contribution in [2.75, 3.05) is 17.1 Å². The van der Waals surface area contributed by atoms with Crippen molar-refractivity contribution in [3.05, 3.63) is 97.9 Å². The number of rotatable bonds is 11. The minimum Gasteiger partial charge on any atom is -0.352 e. The number of hydrogen-bond acceptors (Lipinski definition) is 4. The van der Waals surface area contributed by atoms with Crippen molar-refractivity contribution in [3.63, 3.8) is 0 Å². The average molecular weight is 686 g/mol. The molecule has 0 unspecified atom stereocenters. The lowest BCUT2D eigenvalue weighted by Crippen LogP contribution is -2.55. The Bertz CT molecular complexity index is 1530. The quantitative estimate of drug-likeness (QED) is 0.232. The Labute approximate surface area is 273 Å². The molecule has 0 spiro atoms. The van der Waals surface area contributed by atoms with Gasteiger partial charge in [-0.2, -0.15) is 0 Å². The molecular weight excluding hydrogens is 652 g/mol. The maximum atomic E-state index is 14.3. The molecule has 1 atom stereocenters. The second-order valence-electron chi connectivity index (χ2n) is 10.6. The van der Waals surface area contributed by atoms with Gasteiger partial charge in [-0.1, -0.05) is 102 Å². The summed E-state index contributed by atoms with van der Waals surface area (Å²) in [4.78, 5) is 29.7. The van der Waals surface area contributed by atoms with Crippen LogP contribution in [0.5, 0.6) is 0 Å². The zero-order valence-corrected chi connectivity index (χ0v) is 27.5. The highest BCUT2D eigenvalue weighted by atomic mass is 35.5. The highest BCUT2D eigenvalue weighted by Gasteiger charge is 2.35. The zero-order chi connectivity index (χ0) is 31.1. The van der Waals surface area contributed by atoms with Crippen LogP contribution in [0.1, 0.15) is 43.2 Å². The van der Waals surface area contributed by atoms with E-state index in [0.29, 0.717) is 20.6 Å². The molecule has 1 saturated carbocycles. The first-order valence-corrected chi connectivity index (χ1v) is 17.3. The fraction of sp³-hybridized carbons (Fsp3) is 0.355. The third-order valence-electron chi connectivity index (χ3n) is 7.47. The number of nitrogens with zero attached hydrogens (tertiary/aromatic N) is 2. The van der Waals surface area contributed by atoms with Crippen molar-refractivity contribution < 1.29 is 18.0 Å². The molecule has 12 heteroatoms. The Balaban J connectivity index is 1.77. The van der Waals surface area contributed by atoms with Gasteiger partial charge in [0.15, 0.2) is 0 Å². The van der Waals surface area contributed by atoms with Crippen LogP contribution in [0, 0.1) is 0 Å². The first kappa shape index (κ1) is 33.4. The fourth-order valence-corrected chi connectivity index (χ4v) is 7.17. The van der Waals surface area contributed by atoms with Gasteiger partial charge in [0.25, 0.3) is 0 Å². The Morgan fingerprint density at radius 1 is 0.884 bits per heavy atom. The predicted molar refractivity (Wildman–Crippen MR) is 175 cm³/mol. The molecule has 0 aromatic heterocycles. The smallest absolute Gasteiger partial charge is 0.244 e. The first-order chi connectivity index (χ1) is 20.4. The van der Waals surface area contributed by atoms with E-state index in [-0.39, 0.29) is 35.6 Å². The second-order valence-corrected chi connectivity index (χ2v) is 14.2. The summed E-state index contributed by atoms with van der Waals surface area (Å²) in [5.41, 5.74) is 1.36. The van der Waals surface area contributed by atoms with Crippen LogP contribution in [-0.4, -0.2) is 50.0 Å². The van der Waals surface area contributed by atoms with Gasteiger partial charge >= 0.3 is 0 Å². The molecule has 230 valence electrons. The lowest BCUT2D eigenvalue weighted by atomic mass is 9.94. The highest BCUT2D eigenvalue weighted by Crippen LogP contribution is 2.32. The van der Waals surface area contributed by atoms with Crippen molar-refractivity contribution in [3.8, 4) is 0 Å². The molecule has 1 fully saturated rings. The summed E-state index contributed by atoms with van der Waals surface area (Å²) in [5, 5.41) is 4.16. The van der Waals surface area contributed by atoms with E-state index in [1.807, 2.05) is 30.3 Å². The van der Waals surface area contributed by atoms with Gasteiger partial charge in [-0.15, -0.1) is 0 Å². The van der Waals surface area contributed by atoms with E-state index >= 15 is 0 Å². The summed E-state index contributed by atoms with van der Waals surface area (Å²) < 4.78 is 26.9. The van der Waals surface area contributed by atoms with Crippen LogP contribution in [0.2, 0.25) is 20.1 Å². The highest BCUT2D eigenvalue weighted by molar-refractivity contribution is 7.92. The van der Waals surface area contributed by atoms with Gasteiger partial charge in [0.1, 0.15) is 12.6 Å². The second kappa shape index (κ2) is 15.0. The number of nitrogens with one attached hydrogen (secondary N) is 1. The van der Waals surface area contributed by atoms with Crippen LogP contribution >= 0.6 is 46.4 Å². The normalized spacial score (nSPS) is 14.6. The molecule has 0 radical (unpaired) electrons. The number of benzene rings is 3. The molecule has 1 aliphatic rings. The fourth-order valence-electron chi connectivity index (χ4n) is 5.23. The van der Waals surface area contributed by atoms with Gasteiger partial charge in [0.2, 0.25) is 21.8 Å². The molecule has 1 aliphatic carbocycles. The number of hydrogen-bond donors (Lipinski definition) is 1. The Hall–Kier alpha value is -2.49. The van der Waals surface area contributed by atoms with Crippen molar-refractivity contribution in [1.29, 1.82) is 0 Å². The molecule has 0 heterocycles. The Kier molecular flexibility index (Phi) is 11.6. The lowest BCUT2D eigenvalue weighted by Gasteiger charge is -2.35. The summed E-state index contributed by atoms with van der Waals surface area (Å²) in [6.07, 6.45) is 6.01. The van der Waals surface area contributed by atoms with E-state index in [9.17, 15) is 18.0 Å². The van der Waals surface area contributed by atoms with Crippen LogP contribution in [-0.2, 0) is 32.6 Å². The van der Waals surface area contributed by atoms with Crippen LogP contribution in [0.4, 0.5) is 5.69 Å². The topological polar surface area (TPSA) is 86.8 Å². The molecule has 0 aliphatic heterocycles. The molecule has 1 N–H and O–H groups in total. The molecule has 0 saturated heterocycles. The molecule has 3 aromatic rings. The van der Waals surface area contributed by atoms with Gasteiger partial charge < -0.3 is 10.2 Å². The average Bonchev–Trinajstić information content (AvgIpc) is 2.95. The van der Waals surface area contributed by atoms with Crippen LogP contribution in [0.3, 0.4) is 0 Å². The van der Waals surface area contributed by atoms with E-state index in [4.69, 9.17) is 46.4 Å². The number of sulfonamides is 1. The lowest BCUT2D eigenvalue weighted by molar-refractivity contribution is -0.140. The minimum absolute atomic E-state index is 0.0132. The van der Waals surface area contributed by atoms with Crippen LogP contribution in [0.15, 0.2) is 66.7 Å². The molecular formula is C31H33Cl4N3O4S. The third kappa shape index (κ3) is 9.02. The zero-order valence-electron chi connectivity index (χ0n) is 23.6. The first-order valence-electron chi connectivity index (χ1n) is 13.9. The van der Waals surface area contributed by atoms with Gasteiger partial charge in [-0.3, -0.25) is 13.9 Å². The Morgan fingerprint density at radius 3 is 2.14 bits per heavy atom. The number of halogens is 4. The van der Waals surface area contributed by atoms with Crippen molar-refractivity contribution in [2.24, 2.45) is 0 Å². The summed E-state index contributed by atoms with van der Waals surface area (Å²) in [6.45, 7) is -0.747. The number of carbonyl (C=O) groups excluding carboxylic acids is 2. The molecule has 3 aromatic carbocycles. The van der Waals surface area contributed by atoms with E-state index < -0.39 is 28.5 Å². The van der Waals surface area contributed by atoms with Gasteiger partial charge in [0, 0.05) is 39.6 Å². The maximum Gasteiger partial charge on any atom is 0.244 e. The maximum absolute atomic E-state index is 14.3. The monoisotopic (exact) mass is 683 g/mol. The van der Waals surface area contributed by atoms with E-state index in [1.54, 1.807) is 18.2 Å². The third-order valence-corrected chi connectivity index (χ3v) is 9.84.